The van der Waals surface area contributed by atoms with Crippen LogP contribution in [-0.4, -0.2) is 81.7 Å². The number of rotatable bonds is 16. The summed E-state index contributed by atoms with van der Waals surface area (Å²) < 4.78 is 31.3. The van der Waals surface area contributed by atoms with E-state index in [1.165, 1.54) is 12.1 Å². The van der Waals surface area contributed by atoms with Crippen LogP contribution >= 0.6 is 0 Å². The minimum atomic E-state index is -0.665. The maximum atomic E-state index is 11.9. The Morgan fingerprint density at radius 2 is 1.00 bits per heavy atom. The number of aromatic nitrogens is 2. The number of esters is 4. The number of hydrogen-bond donors (Lipinski definition) is 2. The minimum Gasteiger partial charge on any atom is -0.493 e. The molecule has 0 aliphatic rings. The Balaban J connectivity index is 0.000000495. The summed E-state index contributed by atoms with van der Waals surface area (Å²) >= 11 is 0. The lowest BCUT2D eigenvalue weighted by Crippen LogP contribution is -2.24. The van der Waals surface area contributed by atoms with Gasteiger partial charge >= 0.3 is 23.9 Å². The normalized spacial score (nSPS) is 11.0. The zero-order valence-electron chi connectivity index (χ0n) is 29.3. The summed E-state index contributed by atoms with van der Waals surface area (Å²) in [6.45, 7) is 14.7. The van der Waals surface area contributed by atoms with Crippen LogP contribution in [0.3, 0.4) is 0 Å². The molecule has 2 rings (SSSR count). The van der Waals surface area contributed by atoms with Crippen LogP contribution in [0.15, 0.2) is 24.3 Å². The van der Waals surface area contributed by atoms with E-state index < -0.39 is 23.1 Å². The second-order valence-electron chi connectivity index (χ2n) is 12.2. The fraction of sp³-hybridized carbons (Fsp3) is 0.588. The average molecular weight is 679 g/mol. The summed E-state index contributed by atoms with van der Waals surface area (Å²) in [5.74, 6) is -1.12. The molecule has 0 fully saturated rings. The first-order valence-electron chi connectivity index (χ1n) is 15.8. The van der Waals surface area contributed by atoms with Gasteiger partial charge in [0.05, 0.1) is 51.0 Å². The number of aliphatic hydroxyl groups is 2. The van der Waals surface area contributed by atoms with Crippen molar-refractivity contribution in [2.75, 3.05) is 26.4 Å². The monoisotopic (exact) mass is 678 g/mol. The summed E-state index contributed by atoms with van der Waals surface area (Å²) in [4.78, 5) is 55.0. The molecule has 0 atom stereocenters. The Morgan fingerprint density at radius 3 is 1.33 bits per heavy atom. The Labute approximate surface area is 282 Å². The van der Waals surface area contributed by atoms with E-state index in [2.05, 4.69) is 9.97 Å². The van der Waals surface area contributed by atoms with Gasteiger partial charge in [0, 0.05) is 37.1 Å². The predicted octanol–water partition coefficient (Wildman–Crippen LogP) is 4.50. The van der Waals surface area contributed by atoms with Crippen LogP contribution in [0.1, 0.15) is 113 Å². The largest absolute Gasteiger partial charge is 0.493 e. The van der Waals surface area contributed by atoms with Gasteiger partial charge in [-0.25, -0.2) is 14.6 Å². The summed E-state index contributed by atoms with van der Waals surface area (Å²) in [5, 5.41) is 18.1. The van der Waals surface area contributed by atoms with Crippen molar-refractivity contribution in [3.05, 3.63) is 47.0 Å². The van der Waals surface area contributed by atoms with E-state index in [0.29, 0.717) is 36.6 Å². The van der Waals surface area contributed by atoms with Crippen LogP contribution in [0.2, 0.25) is 0 Å². The van der Waals surface area contributed by atoms with Crippen molar-refractivity contribution in [1.29, 1.82) is 0 Å². The third kappa shape index (κ3) is 18.1. The van der Waals surface area contributed by atoms with Crippen LogP contribution in [-0.2, 0) is 41.8 Å². The Hall–Kier alpha value is -4.30. The van der Waals surface area contributed by atoms with E-state index in [-0.39, 0.29) is 75.0 Å². The van der Waals surface area contributed by atoms with Crippen molar-refractivity contribution >= 4 is 23.9 Å². The zero-order valence-corrected chi connectivity index (χ0v) is 29.3. The van der Waals surface area contributed by atoms with Gasteiger partial charge in [-0.15, -0.1) is 0 Å². The van der Waals surface area contributed by atoms with Gasteiger partial charge in [-0.05, 0) is 68.2 Å². The first-order chi connectivity index (χ1) is 22.5. The lowest BCUT2D eigenvalue weighted by atomic mass is 10.2. The first kappa shape index (κ1) is 41.7. The van der Waals surface area contributed by atoms with Crippen LogP contribution in [0, 0.1) is 0 Å². The SMILES string of the molecule is CC(C)(C)OC(=O)CCCOc1cc(CO)nc(CO)c1.CCOC(=O)c1cc(OCCCC(=O)OC(C)(C)C)cc(C(=O)OCC)n1. The lowest BCUT2D eigenvalue weighted by Gasteiger charge is -2.19. The van der Waals surface area contributed by atoms with E-state index in [1.807, 2.05) is 20.8 Å². The quantitative estimate of drug-likeness (QED) is 0.143. The first-order valence-corrected chi connectivity index (χ1v) is 15.8. The molecule has 268 valence electrons. The van der Waals surface area contributed by atoms with Gasteiger partial charge < -0.3 is 38.6 Å². The van der Waals surface area contributed by atoms with Gasteiger partial charge in [-0.1, -0.05) is 0 Å². The number of pyridine rings is 2. The highest BCUT2D eigenvalue weighted by atomic mass is 16.6. The highest BCUT2D eigenvalue weighted by Gasteiger charge is 2.19. The van der Waals surface area contributed by atoms with Gasteiger partial charge in [0.1, 0.15) is 22.7 Å². The molecule has 0 aromatic carbocycles. The minimum absolute atomic E-state index is 0.0513. The highest BCUT2D eigenvalue weighted by Crippen LogP contribution is 2.18. The number of hydrogen-bond acceptors (Lipinski definition) is 14. The summed E-state index contributed by atoms with van der Waals surface area (Å²) in [6.07, 6.45) is 1.42. The molecule has 2 N–H and O–H groups in total. The summed E-state index contributed by atoms with van der Waals surface area (Å²) in [6, 6.07) is 5.97. The second-order valence-corrected chi connectivity index (χ2v) is 12.2. The molecule has 0 spiro atoms. The number of carbonyl (C=O) groups excluding carboxylic acids is 4. The van der Waals surface area contributed by atoms with Crippen molar-refractivity contribution in [2.45, 2.75) is 105 Å². The molecule has 0 amide bonds. The van der Waals surface area contributed by atoms with Crippen molar-refractivity contribution in [3.63, 3.8) is 0 Å². The van der Waals surface area contributed by atoms with E-state index in [4.69, 9.17) is 38.6 Å². The molecule has 2 heterocycles. The molecule has 0 radical (unpaired) electrons. The Bertz CT molecular complexity index is 1270. The topological polar surface area (TPSA) is 190 Å². The number of carbonyl (C=O) groups is 4. The van der Waals surface area contributed by atoms with Crippen LogP contribution in [0.25, 0.3) is 0 Å². The summed E-state index contributed by atoms with van der Waals surface area (Å²) in [5.41, 5.74) is -0.247. The molecular weight excluding hydrogens is 628 g/mol. The maximum absolute atomic E-state index is 11.9. The van der Waals surface area contributed by atoms with Gasteiger partial charge in [-0.3, -0.25) is 14.6 Å². The van der Waals surface area contributed by atoms with Gasteiger partial charge in [0.25, 0.3) is 0 Å². The van der Waals surface area contributed by atoms with Crippen molar-refractivity contribution in [1.82, 2.24) is 9.97 Å². The maximum Gasteiger partial charge on any atom is 0.357 e. The smallest absolute Gasteiger partial charge is 0.357 e. The molecule has 14 heteroatoms. The summed E-state index contributed by atoms with van der Waals surface area (Å²) in [7, 11) is 0. The highest BCUT2D eigenvalue weighted by molar-refractivity contribution is 5.92. The molecule has 0 aliphatic heterocycles. The van der Waals surface area contributed by atoms with Crippen LogP contribution in [0.4, 0.5) is 0 Å². The molecule has 0 saturated heterocycles. The van der Waals surface area contributed by atoms with Crippen molar-refractivity contribution in [3.8, 4) is 11.5 Å². The molecule has 2 aromatic rings. The lowest BCUT2D eigenvalue weighted by molar-refractivity contribution is -0.156. The van der Waals surface area contributed by atoms with Crippen LogP contribution in [0.5, 0.6) is 11.5 Å². The van der Waals surface area contributed by atoms with E-state index >= 15 is 0 Å². The molecule has 0 bridgehead atoms. The molecule has 0 saturated carbocycles. The Kier molecular flexibility index (Phi) is 18.1. The second kappa shape index (κ2) is 20.8. The van der Waals surface area contributed by atoms with Crippen molar-refractivity contribution < 1.29 is 57.8 Å². The fourth-order valence-corrected chi connectivity index (χ4v) is 3.67. The Morgan fingerprint density at radius 1 is 0.625 bits per heavy atom. The van der Waals surface area contributed by atoms with Gasteiger partial charge in [0.15, 0.2) is 11.4 Å². The van der Waals surface area contributed by atoms with E-state index in [0.717, 1.165) is 0 Å². The van der Waals surface area contributed by atoms with Crippen molar-refractivity contribution in [2.24, 2.45) is 0 Å². The predicted molar refractivity (Wildman–Crippen MR) is 173 cm³/mol. The number of aliphatic hydroxyl groups excluding tert-OH is 2. The third-order valence-electron chi connectivity index (χ3n) is 5.42. The number of nitrogens with zero attached hydrogens (tertiary/aromatic N) is 2. The van der Waals surface area contributed by atoms with E-state index in [9.17, 15) is 19.2 Å². The zero-order chi connectivity index (χ0) is 36.3. The van der Waals surface area contributed by atoms with Crippen LogP contribution < -0.4 is 9.47 Å². The van der Waals surface area contributed by atoms with E-state index in [1.54, 1.807) is 46.8 Å². The van der Waals surface area contributed by atoms with Gasteiger partial charge in [0.2, 0.25) is 0 Å². The van der Waals surface area contributed by atoms with Gasteiger partial charge in [-0.2, -0.15) is 0 Å². The number of ether oxygens (including phenoxy) is 6. The molecule has 0 aliphatic carbocycles. The molecule has 0 unspecified atom stereocenters. The average Bonchev–Trinajstić information content (AvgIpc) is 3.00. The molecule has 14 nitrogen and oxygen atoms in total. The standard InChI is InChI=1S/C19H27NO7.C15H23NO5/c1-6-24-17(22)14-11-13(12-15(20-14)18(23)25-7-2)26-10-8-9-16(21)27-19(3,4)5;1-15(2,3)21-14(19)5-4-6-20-13-7-11(9-17)16-12(8-13)10-18/h11-12H,6-10H2,1-5H3;7-8,17-18H,4-6,9-10H2,1-3H3. The molecule has 48 heavy (non-hydrogen) atoms. The fourth-order valence-electron chi connectivity index (χ4n) is 3.67. The third-order valence-corrected chi connectivity index (χ3v) is 5.42. The molecule has 2 aromatic heterocycles. The molecular formula is C34H50N2O12.